The molecule has 0 atom stereocenters. The molecule has 4 rings (SSSR count). The van der Waals surface area contributed by atoms with Gasteiger partial charge in [0, 0.05) is 6.07 Å². The predicted molar refractivity (Wildman–Crippen MR) is 145 cm³/mol. The maximum Gasteiger partial charge on any atom is 0.313 e. The minimum absolute atomic E-state index is 0.0548. The van der Waals surface area contributed by atoms with E-state index in [1.54, 1.807) is 48.5 Å². The van der Waals surface area contributed by atoms with E-state index >= 15 is 0 Å². The van der Waals surface area contributed by atoms with Crippen LogP contribution in [0.3, 0.4) is 0 Å². The van der Waals surface area contributed by atoms with Gasteiger partial charge in [0.15, 0.2) is 0 Å². The highest BCUT2D eigenvalue weighted by Gasteiger charge is 2.26. The van der Waals surface area contributed by atoms with Gasteiger partial charge in [-0.1, -0.05) is 65.2 Å². The fourth-order valence-electron chi connectivity index (χ4n) is 3.91. The molecule has 37 heavy (non-hydrogen) atoms. The molecule has 0 aliphatic heterocycles. The molecular formula is C28H25ClN2O5S. The van der Waals surface area contributed by atoms with Gasteiger partial charge < -0.3 is 4.74 Å². The zero-order valence-electron chi connectivity index (χ0n) is 20.5. The van der Waals surface area contributed by atoms with E-state index in [1.165, 1.54) is 22.5 Å². The monoisotopic (exact) mass is 536 g/mol. The molecule has 0 saturated heterocycles. The number of nitro groups is 1. The molecule has 0 amide bonds. The number of ether oxygens (including phenoxy) is 1. The van der Waals surface area contributed by atoms with Crippen LogP contribution < -0.4 is 9.04 Å². The van der Waals surface area contributed by atoms with E-state index < -0.39 is 14.9 Å². The minimum Gasteiger partial charge on any atom is -0.449 e. The van der Waals surface area contributed by atoms with Crippen molar-refractivity contribution in [1.82, 2.24) is 0 Å². The topological polar surface area (TPSA) is 89.8 Å². The van der Waals surface area contributed by atoms with Crippen LogP contribution in [0.25, 0.3) is 0 Å². The van der Waals surface area contributed by atoms with Crippen LogP contribution in [0.1, 0.15) is 22.3 Å². The Labute approximate surface area is 221 Å². The van der Waals surface area contributed by atoms with Gasteiger partial charge in [-0.2, -0.15) is 0 Å². The molecule has 0 saturated carbocycles. The van der Waals surface area contributed by atoms with Gasteiger partial charge in [0.1, 0.15) is 5.75 Å². The number of benzene rings is 4. The highest BCUT2D eigenvalue weighted by molar-refractivity contribution is 7.92. The molecule has 0 N–H and O–H groups in total. The highest BCUT2D eigenvalue weighted by Crippen LogP contribution is 2.38. The number of para-hydroxylation sites is 1. The van der Waals surface area contributed by atoms with Crippen molar-refractivity contribution < 1.29 is 18.1 Å². The number of halogens is 1. The van der Waals surface area contributed by atoms with E-state index in [2.05, 4.69) is 0 Å². The Balaban J connectivity index is 1.68. The third-order valence-corrected chi connectivity index (χ3v) is 7.91. The lowest BCUT2D eigenvalue weighted by Crippen LogP contribution is -2.31. The fraction of sp³-hybridized carbons (Fsp3) is 0.143. The van der Waals surface area contributed by atoms with Crippen LogP contribution in [0.5, 0.6) is 11.5 Å². The second-order valence-electron chi connectivity index (χ2n) is 8.71. The van der Waals surface area contributed by atoms with Crippen molar-refractivity contribution in [2.45, 2.75) is 32.2 Å². The van der Waals surface area contributed by atoms with Crippen LogP contribution in [0, 0.1) is 30.9 Å². The van der Waals surface area contributed by atoms with Crippen molar-refractivity contribution in [3.63, 3.8) is 0 Å². The number of hydrogen-bond acceptors (Lipinski definition) is 5. The first-order chi connectivity index (χ1) is 17.6. The van der Waals surface area contributed by atoms with Crippen molar-refractivity contribution in [3.05, 3.63) is 122 Å². The summed E-state index contributed by atoms with van der Waals surface area (Å²) < 4.78 is 34.6. The van der Waals surface area contributed by atoms with Gasteiger partial charge in [-0.15, -0.1) is 0 Å². The smallest absolute Gasteiger partial charge is 0.313 e. The zero-order valence-corrected chi connectivity index (χ0v) is 22.1. The summed E-state index contributed by atoms with van der Waals surface area (Å²) >= 11 is 6.13. The molecule has 4 aromatic rings. The molecule has 0 aromatic heterocycles. The summed E-state index contributed by atoms with van der Waals surface area (Å²) in [4.78, 5) is 11.0. The van der Waals surface area contributed by atoms with Crippen molar-refractivity contribution in [1.29, 1.82) is 0 Å². The second-order valence-corrected chi connectivity index (χ2v) is 11.0. The van der Waals surface area contributed by atoms with Crippen molar-refractivity contribution >= 4 is 33.0 Å². The van der Waals surface area contributed by atoms with Gasteiger partial charge in [-0.25, -0.2) is 8.42 Å². The summed E-state index contributed by atoms with van der Waals surface area (Å²) in [6, 6.07) is 23.4. The number of hydrogen-bond donors (Lipinski definition) is 0. The van der Waals surface area contributed by atoms with Crippen molar-refractivity contribution in [2.24, 2.45) is 0 Å². The molecule has 7 nitrogen and oxygen atoms in total. The maximum absolute atomic E-state index is 13.8. The molecular weight excluding hydrogens is 512 g/mol. The van der Waals surface area contributed by atoms with Crippen molar-refractivity contribution in [2.75, 3.05) is 4.31 Å². The minimum atomic E-state index is -3.87. The zero-order chi connectivity index (χ0) is 26.7. The summed E-state index contributed by atoms with van der Waals surface area (Å²) in [6.07, 6.45) is 0. The summed E-state index contributed by atoms with van der Waals surface area (Å²) in [7, 11) is -3.87. The maximum atomic E-state index is 13.8. The summed E-state index contributed by atoms with van der Waals surface area (Å²) in [5.41, 5.74) is 3.87. The van der Waals surface area contributed by atoms with Crippen LogP contribution in [0.2, 0.25) is 5.02 Å². The average molecular weight is 537 g/mol. The van der Waals surface area contributed by atoms with Crippen LogP contribution in [-0.2, 0) is 16.6 Å². The quantitative estimate of drug-likeness (QED) is 0.173. The van der Waals surface area contributed by atoms with E-state index in [0.717, 1.165) is 16.7 Å². The van der Waals surface area contributed by atoms with Gasteiger partial charge >= 0.3 is 5.69 Å². The number of rotatable bonds is 8. The molecule has 9 heteroatoms. The van der Waals surface area contributed by atoms with E-state index in [1.807, 2.05) is 39.0 Å². The third kappa shape index (κ3) is 5.76. The SMILES string of the molecule is Cc1ccc(S(=O)(=O)N(Cc2ccc(Oc3c(Cl)cccc3[N+](=O)[O-])cc2)c2ccc(C)cc2C)cc1. The lowest BCUT2D eigenvalue weighted by Gasteiger charge is -2.26. The molecule has 0 fully saturated rings. The lowest BCUT2D eigenvalue weighted by atomic mass is 10.1. The molecule has 0 aliphatic carbocycles. The normalized spacial score (nSPS) is 11.2. The van der Waals surface area contributed by atoms with Crippen molar-refractivity contribution in [3.8, 4) is 11.5 Å². The number of nitro benzene ring substituents is 1. The van der Waals surface area contributed by atoms with Gasteiger partial charge in [-0.3, -0.25) is 14.4 Å². The van der Waals surface area contributed by atoms with Crippen LogP contribution in [0.4, 0.5) is 11.4 Å². The van der Waals surface area contributed by atoms with E-state index in [-0.39, 0.29) is 27.9 Å². The Morgan fingerprint density at radius 3 is 2.16 bits per heavy atom. The third-order valence-electron chi connectivity index (χ3n) is 5.84. The number of sulfonamides is 1. The standard InChI is InChI=1S/C28H25ClN2O5S/c1-19-7-14-24(15-8-19)37(34,35)30(26-16-9-20(2)17-21(26)3)18-22-10-12-23(13-11-22)36-28-25(29)5-4-6-27(28)31(32)33/h4-17H,18H2,1-3H3. The summed E-state index contributed by atoms with van der Waals surface area (Å²) in [6.45, 7) is 5.82. The van der Waals surface area contributed by atoms with Gasteiger partial charge in [0.25, 0.3) is 10.0 Å². The molecule has 0 bridgehead atoms. The fourth-order valence-corrected chi connectivity index (χ4v) is 5.64. The molecule has 4 aromatic carbocycles. The summed E-state index contributed by atoms with van der Waals surface area (Å²) in [5.74, 6) is 0.278. The average Bonchev–Trinajstić information content (AvgIpc) is 2.85. The highest BCUT2D eigenvalue weighted by atomic mass is 35.5. The van der Waals surface area contributed by atoms with Gasteiger partial charge in [0.05, 0.1) is 27.1 Å². The number of aryl methyl sites for hydroxylation is 3. The Bertz CT molecular complexity index is 1550. The van der Waals surface area contributed by atoms with Crippen LogP contribution >= 0.6 is 11.6 Å². The molecule has 0 unspecified atom stereocenters. The first kappa shape index (κ1) is 26.2. The predicted octanol–water partition coefficient (Wildman–Crippen LogP) is 7.36. The van der Waals surface area contributed by atoms with E-state index in [9.17, 15) is 18.5 Å². The molecule has 190 valence electrons. The first-order valence-electron chi connectivity index (χ1n) is 11.4. The number of nitrogens with zero attached hydrogens (tertiary/aromatic N) is 2. The van der Waals surface area contributed by atoms with Crippen LogP contribution in [-0.4, -0.2) is 13.3 Å². The van der Waals surface area contributed by atoms with Gasteiger partial charge in [0.2, 0.25) is 5.75 Å². The van der Waals surface area contributed by atoms with E-state index in [0.29, 0.717) is 17.0 Å². The number of anilines is 1. The Morgan fingerprint density at radius 1 is 0.892 bits per heavy atom. The second kappa shape index (κ2) is 10.6. The Hall–Kier alpha value is -3.88. The Morgan fingerprint density at radius 2 is 1.54 bits per heavy atom. The van der Waals surface area contributed by atoms with Crippen LogP contribution in [0.15, 0.2) is 89.8 Å². The molecule has 0 heterocycles. The van der Waals surface area contributed by atoms with E-state index in [4.69, 9.17) is 16.3 Å². The molecule has 0 aliphatic rings. The molecule has 0 spiro atoms. The van der Waals surface area contributed by atoms with Gasteiger partial charge in [-0.05, 0) is 68.3 Å². The molecule has 0 radical (unpaired) electrons. The summed E-state index contributed by atoms with van der Waals surface area (Å²) in [5, 5.41) is 11.5. The first-order valence-corrected chi connectivity index (χ1v) is 13.2. The Kier molecular flexibility index (Phi) is 7.52. The largest absolute Gasteiger partial charge is 0.449 e. The lowest BCUT2D eigenvalue weighted by molar-refractivity contribution is -0.385.